The molecule has 3 heterocycles. The number of amides is 3. The summed E-state index contributed by atoms with van der Waals surface area (Å²) < 4.78 is 11.4. The lowest BCUT2D eigenvalue weighted by Crippen LogP contribution is -2.44. The van der Waals surface area contributed by atoms with E-state index in [4.69, 9.17) is 9.47 Å². The molecule has 0 N–H and O–H groups in total. The molecule has 186 valence electrons. The van der Waals surface area contributed by atoms with Crippen molar-refractivity contribution < 1.29 is 23.9 Å². The minimum Gasteiger partial charge on any atom is -0.492 e. The van der Waals surface area contributed by atoms with E-state index in [-0.39, 0.29) is 43.2 Å². The number of carbonyl (C=O) groups excluding carboxylic acids is 3. The van der Waals surface area contributed by atoms with E-state index in [0.29, 0.717) is 37.5 Å². The first-order valence-electron chi connectivity index (χ1n) is 12.3. The number of hydrogen-bond acceptors (Lipinski definition) is 6. The highest BCUT2D eigenvalue weighted by Crippen LogP contribution is 2.40. The van der Waals surface area contributed by atoms with Gasteiger partial charge in [-0.3, -0.25) is 24.3 Å². The summed E-state index contributed by atoms with van der Waals surface area (Å²) in [5.74, 6) is -0.0937. The fraction of sp³-hybridized carbons (Fsp3) is 0.481. The van der Waals surface area contributed by atoms with Gasteiger partial charge in [-0.15, -0.1) is 0 Å². The molecule has 2 aliphatic rings. The summed E-state index contributed by atoms with van der Waals surface area (Å²) in [6.07, 6.45) is 6.79. The monoisotopic (exact) mass is 479 g/mol. The minimum atomic E-state index is -1.19. The molecule has 2 aromatic rings. The Kier molecular flexibility index (Phi) is 8.13. The fourth-order valence-corrected chi connectivity index (χ4v) is 4.85. The molecule has 2 saturated heterocycles. The van der Waals surface area contributed by atoms with Crippen LogP contribution in [-0.4, -0.2) is 72.0 Å². The predicted octanol–water partition coefficient (Wildman–Crippen LogP) is 2.97. The van der Waals surface area contributed by atoms with Crippen LogP contribution in [0, 0.1) is 0 Å². The number of pyridine rings is 1. The average Bonchev–Trinajstić information content (AvgIpc) is 3.13. The third kappa shape index (κ3) is 5.88. The topological polar surface area (TPSA) is 89.0 Å². The Labute approximate surface area is 206 Å². The number of likely N-dealkylation sites (tertiary alicyclic amines) is 1. The van der Waals surface area contributed by atoms with E-state index in [1.54, 1.807) is 36.5 Å². The van der Waals surface area contributed by atoms with E-state index in [1.165, 1.54) is 4.90 Å². The van der Waals surface area contributed by atoms with Gasteiger partial charge in [0.25, 0.3) is 0 Å². The van der Waals surface area contributed by atoms with Crippen molar-refractivity contribution in [2.45, 2.75) is 50.0 Å². The maximum absolute atomic E-state index is 13.7. The smallest absolute Gasteiger partial charge is 0.240 e. The highest BCUT2D eigenvalue weighted by molar-refractivity contribution is 6.10. The van der Waals surface area contributed by atoms with E-state index in [9.17, 15) is 14.4 Å². The zero-order valence-corrected chi connectivity index (χ0v) is 20.2. The van der Waals surface area contributed by atoms with Crippen molar-refractivity contribution in [2.24, 2.45) is 0 Å². The molecule has 8 heteroatoms. The van der Waals surface area contributed by atoms with E-state index in [1.807, 2.05) is 30.3 Å². The molecule has 0 spiro atoms. The largest absolute Gasteiger partial charge is 0.492 e. The second kappa shape index (κ2) is 11.4. The van der Waals surface area contributed by atoms with Gasteiger partial charge in [0.2, 0.25) is 17.7 Å². The summed E-state index contributed by atoms with van der Waals surface area (Å²) in [6.45, 7) is 1.80. The molecule has 0 saturated carbocycles. The Morgan fingerprint density at radius 2 is 2.03 bits per heavy atom. The molecule has 0 unspecified atom stereocenters. The zero-order chi connectivity index (χ0) is 24.7. The first kappa shape index (κ1) is 24.9. The van der Waals surface area contributed by atoms with Gasteiger partial charge >= 0.3 is 0 Å². The van der Waals surface area contributed by atoms with Crippen LogP contribution >= 0.6 is 0 Å². The Balaban J connectivity index is 1.44. The van der Waals surface area contributed by atoms with E-state index in [2.05, 4.69) is 4.98 Å². The van der Waals surface area contributed by atoms with Crippen molar-refractivity contribution in [3.05, 3.63) is 60.4 Å². The van der Waals surface area contributed by atoms with Crippen LogP contribution in [0.15, 0.2) is 54.9 Å². The van der Waals surface area contributed by atoms with Crippen molar-refractivity contribution in [2.75, 3.05) is 33.4 Å². The van der Waals surface area contributed by atoms with Gasteiger partial charge in [0, 0.05) is 45.8 Å². The maximum Gasteiger partial charge on any atom is 0.240 e. The zero-order valence-electron chi connectivity index (χ0n) is 20.2. The van der Waals surface area contributed by atoms with E-state index in [0.717, 1.165) is 19.3 Å². The molecule has 2 aliphatic heterocycles. The number of hydrogen-bond donors (Lipinski definition) is 0. The number of ether oxygens (including phenoxy) is 2. The van der Waals surface area contributed by atoms with Gasteiger partial charge in [-0.1, -0.05) is 30.3 Å². The number of nitrogens with zero attached hydrogens (tertiary/aromatic N) is 3. The summed E-state index contributed by atoms with van der Waals surface area (Å²) in [7, 11) is 1.74. The van der Waals surface area contributed by atoms with Gasteiger partial charge in [0.15, 0.2) is 0 Å². The molecule has 8 nitrogen and oxygen atoms in total. The SMILES string of the molecule is CN(C[C@H]1CCCCO1)C(=O)C[C@]1(c2ccccc2)CC(=O)N(CCCOc2cccnc2)C1=O. The van der Waals surface area contributed by atoms with Crippen LogP contribution in [0.3, 0.4) is 0 Å². The quantitative estimate of drug-likeness (QED) is 0.385. The van der Waals surface area contributed by atoms with Crippen LogP contribution < -0.4 is 4.74 Å². The average molecular weight is 480 g/mol. The Bertz CT molecular complexity index is 1010. The van der Waals surface area contributed by atoms with Crippen LogP contribution in [0.1, 0.15) is 44.1 Å². The van der Waals surface area contributed by atoms with Crippen LogP contribution in [0.25, 0.3) is 0 Å². The predicted molar refractivity (Wildman–Crippen MR) is 130 cm³/mol. The van der Waals surface area contributed by atoms with Gasteiger partial charge < -0.3 is 14.4 Å². The highest BCUT2D eigenvalue weighted by atomic mass is 16.5. The Morgan fingerprint density at radius 3 is 2.74 bits per heavy atom. The van der Waals surface area contributed by atoms with Gasteiger partial charge in [0.1, 0.15) is 5.75 Å². The van der Waals surface area contributed by atoms with Crippen LogP contribution in [0.4, 0.5) is 0 Å². The lowest BCUT2D eigenvalue weighted by atomic mass is 9.75. The molecule has 1 aromatic carbocycles. The number of aromatic nitrogens is 1. The first-order valence-corrected chi connectivity index (χ1v) is 12.3. The van der Waals surface area contributed by atoms with E-state index >= 15 is 0 Å². The summed E-state index contributed by atoms with van der Waals surface area (Å²) >= 11 is 0. The Hall–Kier alpha value is -3.26. The summed E-state index contributed by atoms with van der Waals surface area (Å²) in [6, 6.07) is 12.8. The third-order valence-electron chi connectivity index (χ3n) is 6.79. The second-order valence-electron chi connectivity index (χ2n) is 9.31. The number of likely N-dealkylation sites (N-methyl/N-ethyl adjacent to an activating group) is 1. The molecular weight excluding hydrogens is 446 g/mol. The van der Waals surface area contributed by atoms with Crippen LogP contribution in [0.2, 0.25) is 0 Å². The van der Waals surface area contributed by atoms with Gasteiger partial charge in [-0.25, -0.2) is 0 Å². The molecule has 4 rings (SSSR count). The van der Waals surface area contributed by atoms with Crippen molar-refractivity contribution >= 4 is 17.7 Å². The first-order chi connectivity index (χ1) is 17.0. The van der Waals surface area contributed by atoms with Crippen molar-refractivity contribution in [1.82, 2.24) is 14.8 Å². The number of imide groups is 1. The number of carbonyl (C=O) groups is 3. The van der Waals surface area contributed by atoms with Crippen molar-refractivity contribution in [1.29, 1.82) is 0 Å². The molecule has 0 radical (unpaired) electrons. The normalized spacial score (nSPS) is 22.3. The van der Waals surface area contributed by atoms with Crippen molar-refractivity contribution in [3.63, 3.8) is 0 Å². The third-order valence-corrected chi connectivity index (χ3v) is 6.79. The molecule has 35 heavy (non-hydrogen) atoms. The molecule has 2 fully saturated rings. The summed E-state index contributed by atoms with van der Waals surface area (Å²) in [5.41, 5.74) is -0.496. The van der Waals surface area contributed by atoms with Crippen molar-refractivity contribution in [3.8, 4) is 5.75 Å². The molecule has 2 atom stereocenters. The van der Waals surface area contributed by atoms with E-state index < -0.39 is 5.41 Å². The van der Waals surface area contributed by atoms with Gasteiger partial charge in [0.05, 0.1) is 24.3 Å². The molecular formula is C27H33N3O5. The molecule has 0 bridgehead atoms. The molecule has 0 aliphatic carbocycles. The lowest BCUT2D eigenvalue weighted by Gasteiger charge is -2.31. The van der Waals surface area contributed by atoms with Crippen LogP contribution in [-0.2, 0) is 24.5 Å². The Morgan fingerprint density at radius 1 is 1.20 bits per heavy atom. The summed E-state index contributed by atoms with van der Waals surface area (Å²) in [4.78, 5) is 47.0. The van der Waals surface area contributed by atoms with Crippen LogP contribution in [0.5, 0.6) is 5.75 Å². The molecule has 1 aromatic heterocycles. The molecule has 3 amide bonds. The lowest BCUT2D eigenvalue weighted by molar-refractivity contribution is -0.143. The van der Waals surface area contributed by atoms with Gasteiger partial charge in [-0.2, -0.15) is 0 Å². The van der Waals surface area contributed by atoms with Gasteiger partial charge in [-0.05, 0) is 43.4 Å². The number of rotatable bonds is 10. The second-order valence-corrected chi connectivity index (χ2v) is 9.31. The summed E-state index contributed by atoms with van der Waals surface area (Å²) in [5, 5.41) is 0. The maximum atomic E-state index is 13.7. The fourth-order valence-electron chi connectivity index (χ4n) is 4.85. The minimum absolute atomic E-state index is 0.0151. The number of benzene rings is 1. The standard InChI is InChI=1S/C27H33N3O5/c1-29(20-23-11-5-6-15-35-23)24(31)17-27(21-9-3-2-4-10-21)18-25(32)30(26(27)33)14-8-16-34-22-12-7-13-28-19-22/h2-4,7,9-10,12-13,19,23H,5-6,8,11,14-18,20H2,1H3/t23-,27-/m1/s1. The highest BCUT2D eigenvalue weighted by Gasteiger charge is 2.53.